The highest BCUT2D eigenvalue weighted by atomic mass is 32.2. The molecule has 0 saturated heterocycles. The number of rotatable bonds is 6. The number of H-pyrrole nitrogens is 1. The van der Waals surface area contributed by atoms with Gasteiger partial charge < -0.3 is 5.32 Å². The quantitative estimate of drug-likeness (QED) is 0.737. The smallest absolute Gasteiger partial charge is 0.264 e. The second-order valence-electron chi connectivity index (χ2n) is 4.70. The van der Waals surface area contributed by atoms with E-state index < -0.39 is 15.6 Å². The molecule has 114 valence electrons. The van der Waals surface area contributed by atoms with Crippen molar-refractivity contribution in [3.8, 4) is 0 Å². The van der Waals surface area contributed by atoms with Gasteiger partial charge in [-0.05, 0) is 12.1 Å². The standard InChI is InChI=1S/C12H16N4O3S2/c1-8(2)13-6-9-5-10(7-20-9)21(18,19)16-11-3-4-12(17)15-14-11/h3-5,7-8,13H,6H2,1-2H3,(H,14,16)(H,15,17). The summed E-state index contributed by atoms with van der Waals surface area (Å²) in [7, 11) is -3.70. The minimum absolute atomic E-state index is 0.0719. The van der Waals surface area contributed by atoms with Crippen LogP contribution in [0.3, 0.4) is 0 Å². The van der Waals surface area contributed by atoms with E-state index in [1.807, 2.05) is 13.8 Å². The fourth-order valence-electron chi connectivity index (χ4n) is 1.50. The minimum Gasteiger partial charge on any atom is -0.310 e. The lowest BCUT2D eigenvalue weighted by atomic mass is 10.4. The first-order valence-corrected chi connectivity index (χ1v) is 8.62. The first-order valence-electron chi connectivity index (χ1n) is 6.26. The van der Waals surface area contributed by atoms with Crippen molar-refractivity contribution in [3.63, 3.8) is 0 Å². The molecular formula is C12H16N4O3S2. The number of thiophene rings is 1. The summed E-state index contributed by atoms with van der Waals surface area (Å²) in [6.07, 6.45) is 0. The molecule has 0 aliphatic carbocycles. The van der Waals surface area contributed by atoms with Crippen LogP contribution < -0.4 is 15.6 Å². The maximum Gasteiger partial charge on any atom is 0.264 e. The Morgan fingerprint density at radius 2 is 2.14 bits per heavy atom. The van der Waals surface area contributed by atoms with Crippen molar-refractivity contribution in [3.05, 3.63) is 38.8 Å². The minimum atomic E-state index is -3.70. The van der Waals surface area contributed by atoms with Gasteiger partial charge in [-0.3, -0.25) is 9.52 Å². The zero-order chi connectivity index (χ0) is 15.5. The van der Waals surface area contributed by atoms with Gasteiger partial charge in [0.2, 0.25) is 0 Å². The van der Waals surface area contributed by atoms with Crippen LogP contribution in [0, 0.1) is 0 Å². The van der Waals surface area contributed by atoms with Crippen LogP contribution in [-0.4, -0.2) is 24.7 Å². The monoisotopic (exact) mass is 328 g/mol. The van der Waals surface area contributed by atoms with Crippen LogP contribution in [-0.2, 0) is 16.6 Å². The highest BCUT2D eigenvalue weighted by Crippen LogP contribution is 2.21. The molecule has 3 N–H and O–H groups in total. The molecule has 0 unspecified atom stereocenters. The number of nitrogens with one attached hydrogen (secondary N) is 3. The molecule has 2 aromatic rings. The molecule has 0 aliphatic heterocycles. The Kier molecular flexibility index (Phi) is 4.76. The Hall–Kier alpha value is -1.71. The number of hydrogen-bond acceptors (Lipinski definition) is 6. The molecular weight excluding hydrogens is 312 g/mol. The molecule has 0 fully saturated rings. The Morgan fingerprint density at radius 3 is 2.76 bits per heavy atom. The van der Waals surface area contributed by atoms with E-state index in [4.69, 9.17) is 0 Å². The third-order valence-corrected chi connectivity index (χ3v) is 4.96. The number of anilines is 1. The average Bonchev–Trinajstić information content (AvgIpc) is 2.88. The van der Waals surface area contributed by atoms with Crippen molar-refractivity contribution in [2.75, 3.05) is 4.72 Å². The van der Waals surface area contributed by atoms with Crippen LogP contribution in [0.2, 0.25) is 0 Å². The topological polar surface area (TPSA) is 104 Å². The molecule has 0 atom stereocenters. The molecule has 0 aromatic carbocycles. The average molecular weight is 328 g/mol. The molecule has 9 heteroatoms. The third-order valence-electron chi connectivity index (χ3n) is 2.54. The molecule has 2 rings (SSSR count). The lowest BCUT2D eigenvalue weighted by Crippen LogP contribution is -2.21. The van der Waals surface area contributed by atoms with Crippen molar-refractivity contribution in [1.29, 1.82) is 0 Å². The summed E-state index contributed by atoms with van der Waals surface area (Å²) >= 11 is 1.37. The van der Waals surface area contributed by atoms with Gasteiger partial charge in [0, 0.05) is 28.9 Å². The zero-order valence-electron chi connectivity index (χ0n) is 11.6. The van der Waals surface area contributed by atoms with E-state index in [1.54, 1.807) is 11.4 Å². The summed E-state index contributed by atoms with van der Waals surface area (Å²) < 4.78 is 26.7. The van der Waals surface area contributed by atoms with Crippen molar-refractivity contribution >= 4 is 27.2 Å². The first-order chi connectivity index (χ1) is 9.87. The second-order valence-corrected chi connectivity index (χ2v) is 7.37. The Labute approximate surface area is 126 Å². The largest absolute Gasteiger partial charge is 0.310 e. The highest BCUT2D eigenvalue weighted by molar-refractivity contribution is 7.92. The molecule has 21 heavy (non-hydrogen) atoms. The summed E-state index contributed by atoms with van der Waals surface area (Å²) in [5, 5.41) is 10.6. The predicted molar refractivity (Wildman–Crippen MR) is 82.0 cm³/mol. The summed E-state index contributed by atoms with van der Waals surface area (Å²) in [6, 6.07) is 4.46. The van der Waals surface area contributed by atoms with Gasteiger partial charge in [-0.2, -0.15) is 5.10 Å². The highest BCUT2D eigenvalue weighted by Gasteiger charge is 2.17. The van der Waals surface area contributed by atoms with Gasteiger partial charge in [0.25, 0.3) is 15.6 Å². The first kappa shape index (κ1) is 15.7. The van der Waals surface area contributed by atoms with E-state index in [0.29, 0.717) is 12.6 Å². The SMILES string of the molecule is CC(C)NCc1cc(S(=O)(=O)Nc2ccc(=O)[nH]n2)cs1. The van der Waals surface area contributed by atoms with Crippen LogP contribution in [0.5, 0.6) is 0 Å². The fraction of sp³-hybridized carbons (Fsp3) is 0.333. The van der Waals surface area contributed by atoms with Gasteiger partial charge in [0.15, 0.2) is 5.82 Å². The number of sulfonamides is 1. The molecule has 0 spiro atoms. The van der Waals surface area contributed by atoms with Crippen LogP contribution >= 0.6 is 11.3 Å². The van der Waals surface area contributed by atoms with E-state index in [2.05, 4.69) is 20.2 Å². The molecule has 2 aromatic heterocycles. The lowest BCUT2D eigenvalue weighted by Gasteiger charge is -2.05. The van der Waals surface area contributed by atoms with Crippen LogP contribution in [0.4, 0.5) is 5.82 Å². The van der Waals surface area contributed by atoms with Gasteiger partial charge in [-0.25, -0.2) is 13.5 Å². The molecule has 0 radical (unpaired) electrons. The summed E-state index contributed by atoms with van der Waals surface area (Å²) in [4.78, 5) is 12.0. The summed E-state index contributed by atoms with van der Waals surface area (Å²) in [5.41, 5.74) is -0.393. The molecule has 2 heterocycles. The molecule has 0 amide bonds. The second kappa shape index (κ2) is 6.37. The maximum absolute atomic E-state index is 12.2. The van der Waals surface area contributed by atoms with E-state index in [1.165, 1.54) is 23.5 Å². The maximum atomic E-state index is 12.2. The Balaban J connectivity index is 2.12. The lowest BCUT2D eigenvalue weighted by molar-refractivity contribution is 0.592. The molecule has 0 bridgehead atoms. The number of aromatic amines is 1. The van der Waals surface area contributed by atoms with Gasteiger partial charge in [-0.1, -0.05) is 13.8 Å². The third kappa shape index (κ3) is 4.38. The van der Waals surface area contributed by atoms with Gasteiger partial charge in [0.05, 0.1) is 4.90 Å². The van der Waals surface area contributed by atoms with Crippen molar-refractivity contribution in [1.82, 2.24) is 15.5 Å². The molecule has 7 nitrogen and oxygen atoms in total. The van der Waals surface area contributed by atoms with Gasteiger partial charge in [-0.15, -0.1) is 11.3 Å². The van der Waals surface area contributed by atoms with Crippen LogP contribution in [0.15, 0.2) is 33.3 Å². The number of hydrogen-bond donors (Lipinski definition) is 3. The molecule has 0 saturated carbocycles. The Morgan fingerprint density at radius 1 is 1.38 bits per heavy atom. The van der Waals surface area contributed by atoms with E-state index >= 15 is 0 Å². The zero-order valence-corrected chi connectivity index (χ0v) is 13.2. The number of aromatic nitrogens is 2. The van der Waals surface area contributed by atoms with Crippen molar-refractivity contribution in [2.45, 2.75) is 31.3 Å². The summed E-state index contributed by atoms with van der Waals surface area (Å²) in [5.74, 6) is 0.0719. The van der Waals surface area contributed by atoms with Gasteiger partial charge in [0.1, 0.15) is 0 Å². The van der Waals surface area contributed by atoms with Crippen molar-refractivity contribution < 1.29 is 8.42 Å². The summed E-state index contributed by atoms with van der Waals surface area (Å²) in [6.45, 7) is 4.66. The Bertz CT molecular complexity index is 744. The fourth-order valence-corrected chi connectivity index (χ4v) is 3.72. The van der Waals surface area contributed by atoms with Crippen molar-refractivity contribution in [2.24, 2.45) is 0 Å². The number of nitrogens with zero attached hydrogens (tertiary/aromatic N) is 1. The normalized spacial score (nSPS) is 11.8. The van der Waals surface area contributed by atoms with Crippen LogP contribution in [0.1, 0.15) is 18.7 Å². The van der Waals surface area contributed by atoms with E-state index in [9.17, 15) is 13.2 Å². The van der Waals surface area contributed by atoms with Crippen LogP contribution in [0.25, 0.3) is 0 Å². The molecule has 0 aliphatic rings. The van der Waals surface area contributed by atoms with Gasteiger partial charge >= 0.3 is 0 Å². The van der Waals surface area contributed by atoms with E-state index in [-0.39, 0.29) is 10.7 Å². The predicted octanol–water partition coefficient (Wildman–Crippen LogP) is 1.13. The van der Waals surface area contributed by atoms with E-state index in [0.717, 1.165) is 4.88 Å².